The first-order valence-electron chi connectivity index (χ1n) is 7.14. The van der Waals surface area contributed by atoms with Gasteiger partial charge in [-0.3, -0.25) is 4.68 Å². The van der Waals surface area contributed by atoms with Crippen molar-refractivity contribution >= 4 is 0 Å². The van der Waals surface area contributed by atoms with E-state index < -0.39 is 0 Å². The number of hydrogen-bond acceptors (Lipinski definition) is 2. The molecular weight excluding hydrogens is 224 g/mol. The van der Waals surface area contributed by atoms with Crippen LogP contribution in [0.5, 0.6) is 5.75 Å². The Morgan fingerprint density at radius 2 is 1.89 bits per heavy atom. The summed E-state index contributed by atoms with van der Waals surface area (Å²) in [5, 5.41) is 15.1. The molecule has 0 fully saturated rings. The van der Waals surface area contributed by atoms with Crippen LogP contribution in [0.1, 0.15) is 78.1 Å². The second kappa shape index (κ2) is 5.77. The normalized spacial score (nSPS) is 13.9. The van der Waals surface area contributed by atoms with E-state index in [1.165, 1.54) is 0 Å². The molecule has 1 heterocycles. The number of aromatic nitrogens is 2. The van der Waals surface area contributed by atoms with Gasteiger partial charge >= 0.3 is 0 Å². The third-order valence-corrected chi connectivity index (χ3v) is 3.46. The van der Waals surface area contributed by atoms with Crippen LogP contribution in [0.2, 0.25) is 0 Å². The SMILES string of the molecule is CCCCc1c(O)c(C(C)CC)nn1C(C)(C)C. The van der Waals surface area contributed by atoms with Crippen LogP contribution in [0.15, 0.2) is 0 Å². The van der Waals surface area contributed by atoms with Gasteiger partial charge in [0.15, 0.2) is 5.75 Å². The predicted octanol–water partition coefficient (Wildman–Crippen LogP) is 4.20. The molecule has 0 saturated heterocycles. The van der Waals surface area contributed by atoms with Crippen LogP contribution < -0.4 is 0 Å². The molecule has 0 saturated carbocycles. The summed E-state index contributed by atoms with van der Waals surface area (Å²) in [5.74, 6) is 0.738. The summed E-state index contributed by atoms with van der Waals surface area (Å²) in [7, 11) is 0. The van der Waals surface area contributed by atoms with Gasteiger partial charge in [0, 0.05) is 5.92 Å². The third kappa shape index (κ3) is 3.06. The van der Waals surface area contributed by atoms with Crippen molar-refractivity contribution in [1.82, 2.24) is 9.78 Å². The van der Waals surface area contributed by atoms with Crippen LogP contribution in [0.25, 0.3) is 0 Å². The fourth-order valence-corrected chi connectivity index (χ4v) is 2.11. The van der Waals surface area contributed by atoms with E-state index >= 15 is 0 Å². The summed E-state index contributed by atoms with van der Waals surface area (Å²) in [6, 6.07) is 0. The molecule has 104 valence electrons. The first-order valence-corrected chi connectivity index (χ1v) is 7.14. The Balaban J connectivity index is 3.23. The quantitative estimate of drug-likeness (QED) is 0.853. The first kappa shape index (κ1) is 15.1. The van der Waals surface area contributed by atoms with Crippen LogP contribution >= 0.6 is 0 Å². The van der Waals surface area contributed by atoms with Crippen molar-refractivity contribution in [3.63, 3.8) is 0 Å². The molecule has 0 spiro atoms. The minimum Gasteiger partial charge on any atom is -0.504 e. The van der Waals surface area contributed by atoms with Gasteiger partial charge in [-0.2, -0.15) is 5.10 Å². The molecule has 1 atom stereocenters. The molecule has 3 heteroatoms. The molecule has 0 radical (unpaired) electrons. The number of unbranched alkanes of at least 4 members (excludes halogenated alkanes) is 1. The summed E-state index contributed by atoms with van der Waals surface area (Å²) >= 11 is 0. The summed E-state index contributed by atoms with van der Waals surface area (Å²) < 4.78 is 2.01. The maximum Gasteiger partial charge on any atom is 0.160 e. The van der Waals surface area contributed by atoms with Gasteiger partial charge < -0.3 is 5.11 Å². The van der Waals surface area contributed by atoms with E-state index in [1.54, 1.807) is 0 Å². The van der Waals surface area contributed by atoms with E-state index in [1.807, 2.05) is 4.68 Å². The van der Waals surface area contributed by atoms with E-state index in [4.69, 9.17) is 0 Å². The summed E-state index contributed by atoms with van der Waals surface area (Å²) in [6.45, 7) is 12.8. The predicted molar refractivity (Wildman–Crippen MR) is 76.2 cm³/mol. The van der Waals surface area contributed by atoms with Crippen LogP contribution in [-0.2, 0) is 12.0 Å². The molecule has 1 unspecified atom stereocenters. The van der Waals surface area contributed by atoms with Gasteiger partial charge in [-0.15, -0.1) is 0 Å². The van der Waals surface area contributed by atoms with Crippen molar-refractivity contribution in [3.05, 3.63) is 11.4 Å². The molecule has 18 heavy (non-hydrogen) atoms. The zero-order valence-electron chi connectivity index (χ0n) is 12.7. The van der Waals surface area contributed by atoms with E-state index in [-0.39, 0.29) is 5.54 Å². The van der Waals surface area contributed by atoms with E-state index in [2.05, 4.69) is 46.6 Å². The topological polar surface area (TPSA) is 38.1 Å². The molecule has 1 aromatic rings. The van der Waals surface area contributed by atoms with Gasteiger partial charge in [0.1, 0.15) is 5.69 Å². The lowest BCUT2D eigenvalue weighted by Crippen LogP contribution is -2.25. The van der Waals surface area contributed by atoms with Crippen LogP contribution in [0.4, 0.5) is 0 Å². The van der Waals surface area contributed by atoms with Crippen molar-refractivity contribution in [3.8, 4) is 5.75 Å². The Morgan fingerprint density at radius 1 is 1.28 bits per heavy atom. The standard InChI is InChI=1S/C15H28N2O/c1-7-9-10-12-14(18)13(11(3)8-2)16-17(12)15(4,5)6/h11,18H,7-10H2,1-6H3. The van der Waals surface area contributed by atoms with Crippen molar-refractivity contribution in [2.45, 2.75) is 78.7 Å². The molecule has 0 aliphatic carbocycles. The second-order valence-electron chi connectivity index (χ2n) is 6.18. The highest BCUT2D eigenvalue weighted by Gasteiger charge is 2.26. The number of hydrogen-bond donors (Lipinski definition) is 1. The highest BCUT2D eigenvalue weighted by molar-refractivity contribution is 5.35. The Hall–Kier alpha value is -0.990. The Bertz CT molecular complexity index is 388. The van der Waals surface area contributed by atoms with Crippen LogP contribution in [-0.4, -0.2) is 14.9 Å². The van der Waals surface area contributed by atoms with Gasteiger partial charge in [-0.05, 0) is 40.0 Å². The molecule has 3 nitrogen and oxygen atoms in total. The monoisotopic (exact) mass is 252 g/mol. The lowest BCUT2D eigenvalue weighted by Gasteiger charge is -2.22. The average Bonchev–Trinajstić information content (AvgIpc) is 2.62. The molecule has 0 aliphatic rings. The number of aromatic hydroxyl groups is 1. The number of nitrogens with zero attached hydrogens (tertiary/aromatic N) is 2. The molecule has 0 bridgehead atoms. The molecule has 1 rings (SSSR count). The Labute approximate surface area is 111 Å². The average molecular weight is 252 g/mol. The van der Waals surface area contributed by atoms with Crippen LogP contribution in [0, 0.1) is 0 Å². The van der Waals surface area contributed by atoms with Gasteiger partial charge in [0.25, 0.3) is 0 Å². The molecule has 0 aromatic carbocycles. The second-order valence-corrected chi connectivity index (χ2v) is 6.18. The van der Waals surface area contributed by atoms with E-state index in [0.29, 0.717) is 11.7 Å². The smallest absolute Gasteiger partial charge is 0.160 e. The fraction of sp³-hybridized carbons (Fsp3) is 0.800. The lowest BCUT2D eigenvalue weighted by molar-refractivity contribution is 0.336. The maximum atomic E-state index is 10.4. The maximum absolute atomic E-state index is 10.4. The fourth-order valence-electron chi connectivity index (χ4n) is 2.11. The lowest BCUT2D eigenvalue weighted by atomic mass is 10.0. The first-order chi connectivity index (χ1) is 8.32. The largest absolute Gasteiger partial charge is 0.504 e. The van der Waals surface area contributed by atoms with Gasteiger partial charge in [0.05, 0.1) is 11.2 Å². The van der Waals surface area contributed by atoms with Crippen molar-refractivity contribution < 1.29 is 5.11 Å². The summed E-state index contributed by atoms with van der Waals surface area (Å²) in [4.78, 5) is 0. The molecule has 1 aromatic heterocycles. The van der Waals surface area contributed by atoms with Gasteiger partial charge in [0.2, 0.25) is 0 Å². The minimum atomic E-state index is -0.0771. The van der Waals surface area contributed by atoms with E-state index in [0.717, 1.165) is 37.1 Å². The molecule has 1 N–H and O–H groups in total. The van der Waals surface area contributed by atoms with Crippen molar-refractivity contribution in [2.75, 3.05) is 0 Å². The minimum absolute atomic E-state index is 0.0771. The Morgan fingerprint density at radius 3 is 2.33 bits per heavy atom. The van der Waals surface area contributed by atoms with Gasteiger partial charge in [-0.1, -0.05) is 27.2 Å². The zero-order valence-corrected chi connectivity index (χ0v) is 12.7. The summed E-state index contributed by atoms with van der Waals surface area (Å²) in [6.07, 6.45) is 4.13. The highest BCUT2D eigenvalue weighted by Crippen LogP contribution is 2.34. The van der Waals surface area contributed by atoms with Crippen LogP contribution in [0.3, 0.4) is 0 Å². The summed E-state index contributed by atoms with van der Waals surface area (Å²) in [5.41, 5.74) is 1.78. The Kier molecular flexibility index (Phi) is 4.83. The van der Waals surface area contributed by atoms with Crippen molar-refractivity contribution in [2.24, 2.45) is 0 Å². The molecular formula is C15H28N2O. The third-order valence-electron chi connectivity index (χ3n) is 3.46. The molecule has 0 amide bonds. The zero-order chi connectivity index (χ0) is 13.9. The van der Waals surface area contributed by atoms with Gasteiger partial charge in [-0.25, -0.2) is 0 Å². The van der Waals surface area contributed by atoms with Crippen molar-refractivity contribution in [1.29, 1.82) is 0 Å². The highest BCUT2D eigenvalue weighted by atomic mass is 16.3. The van der Waals surface area contributed by atoms with E-state index in [9.17, 15) is 5.11 Å². The number of rotatable bonds is 5. The molecule has 0 aliphatic heterocycles.